The van der Waals surface area contributed by atoms with Crippen molar-refractivity contribution in [3.05, 3.63) is 95.5 Å². The van der Waals surface area contributed by atoms with Crippen molar-refractivity contribution in [1.82, 2.24) is 29.6 Å². The summed E-state index contributed by atoms with van der Waals surface area (Å²) in [6.45, 7) is 19.8. The van der Waals surface area contributed by atoms with Crippen LogP contribution >= 0.6 is 0 Å². The lowest BCUT2D eigenvalue weighted by atomic mass is 10.2. The molecule has 0 spiro atoms. The van der Waals surface area contributed by atoms with Crippen molar-refractivity contribution >= 4 is 5.91 Å². The second-order valence-electron chi connectivity index (χ2n) is 10.9. The van der Waals surface area contributed by atoms with Crippen LogP contribution in [0.1, 0.15) is 60.8 Å². The third-order valence-electron chi connectivity index (χ3n) is 7.45. The number of allylic oxidation sites excluding steroid dienone is 9. The van der Waals surface area contributed by atoms with Gasteiger partial charge in [-0.1, -0.05) is 50.3 Å². The minimum Gasteiger partial charge on any atom is -0.378 e. The number of hydrogen-bond donors (Lipinski definition) is 1. The quantitative estimate of drug-likeness (QED) is 0.136. The van der Waals surface area contributed by atoms with Gasteiger partial charge in [-0.05, 0) is 64.7 Å². The van der Waals surface area contributed by atoms with Gasteiger partial charge in [0.1, 0.15) is 11.3 Å². The van der Waals surface area contributed by atoms with E-state index >= 15 is 0 Å². The fraction of sp³-hybridized carbons (Fsp3) is 0.486. The molecule has 0 saturated carbocycles. The van der Waals surface area contributed by atoms with E-state index in [0.29, 0.717) is 49.6 Å². The minimum atomic E-state index is -0.201. The standard InChI is InChI=1S/C35H56FN7O.C2H2/c1-10-14-17-29(5)35(36)31(7)42(13-4)23-16-22-41(9)34(44)27-38-28-43-24-20-37-26-33(43)39-25-32(12-3)19-18-30(6)40(8)21-15-11-2;1-2/h10,12,14,17-20,24,26,38H,3,11,13,15-16,21-23,25,27-28H2,1-2,4-9H3;1-2H/b14-10-,29-17-,30-18+,32-19+,35-31-,39-33?;. The molecular formula is C37H58FN7O. The molecular weight excluding hydrogens is 577 g/mol. The van der Waals surface area contributed by atoms with Crippen molar-refractivity contribution in [3.8, 4) is 12.8 Å². The fourth-order valence-electron chi connectivity index (χ4n) is 4.27. The first kappa shape index (κ1) is 41.8. The van der Waals surface area contributed by atoms with Crippen LogP contribution in [0.25, 0.3) is 0 Å². The Labute approximate surface area is 278 Å². The van der Waals surface area contributed by atoms with Gasteiger partial charge in [0, 0.05) is 64.1 Å². The second-order valence-corrected chi connectivity index (χ2v) is 10.9. The van der Waals surface area contributed by atoms with Crippen molar-refractivity contribution in [3.63, 3.8) is 0 Å². The van der Waals surface area contributed by atoms with Crippen molar-refractivity contribution in [1.29, 1.82) is 0 Å². The smallest absolute Gasteiger partial charge is 0.236 e. The summed E-state index contributed by atoms with van der Waals surface area (Å²) < 4.78 is 16.8. The van der Waals surface area contributed by atoms with E-state index in [0.717, 1.165) is 18.5 Å². The van der Waals surface area contributed by atoms with Gasteiger partial charge in [-0.15, -0.1) is 12.8 Å². The highest BCUT2D eigenvalue weighted by molar-refractivity contribution is 5.77. The Balaban J connectivity index is 0.00000991. The van der Waals surface area contributed by atoms with Crippen LogP contribution in [-0.4, -0.2) is 83.5 Å². The predicted molar refractivity (Wildman–Crippen MR) is 192 cm³/mol. The third kappa shape index (κ3) is 16.2. The highest BCUT2D eigenvalue weighted by atomic mass is 19.1. The van der Waals surface area contributed by atoms with Gasteiger partial charge in [0.2, 0.25) is 5.91 Å². The molecule has 0 fully saturated rings. The molecule has 1 amide bonds. The van der Waals surface area contributed by atoms with Crippen LogP contribution in [-0.2, 0) is 11.5 Å². The van der Waals surface area contributed by atoms with E-state index in [1.807, 2.05) is 54.7 Å². The number of likely N-dealkylation sites (N-methyl/N-ethyl adjacent to an activating group) is 1. The Morgan fingerprint density at radius 1 is 1.09 bits per heavy atom. The van der Waals surface area contributed by atoms with Gasteiger partial charge in [-0.25, -0.2) is 4.39 Å². The number of terminal acetylenes is 1. The normalized spacial score (nSPS) is 13.2. The molecule has 8 nitrogen and oxygen atoms in total. The molecule has 0 bridgehead atoms. The maximum Gasteiger partial charge on any atom is 0.236 e. The minimum absolute atomic E-state index is 0.00675. The van der Waals surface area contributed by atoms with E-state index in [2.05, 4.69) is 67.7 Å². The predicted octanol–water partition coefficient (Wildman–Crippen LogP) is 6.22. The van der Waals surface area contributed by atoms with Crippen molar-refractivity contribution < 1.29 is 9.18 Å². The lowest BCUT2D eigenvalue weighted by Gasteiger charge is -2.26. The summed E-state index contributed by atoms with van der Waals surface area (Å²) in [4.78, 5) is 27.7. The molecule has 1 aromatic rings. The number of halogens is 1. The zero-order chi connectivity index (χ0) is 34.9. The molecule has 254 valence electrons. The van der Waals surface area contributed by atoms with Gasteiger partial charge in [0.05, 0.1) is 26.0 Å². The summed E-state index contributed by atoms with van der Waals surface area (Å²) in [6, 6.07) is 0. The molecule has 1 aromatic heterocycles. The average Bonchev–Trinajstić information content (AvgIpc) is 3.08. The van der Waals surface area contributed by atoms with Crippen LogP contribution in [0.2, 0.25) is 0 Å². The van der Waals surface area contributed by atoms with Crippen molar-refractivity contribution in [2.45, 2.75) is 67.5 Å². The summed E-state index contributed by atoms with van der Waals surface area (Å²) in [5, 5.41) is 3.22. The Kier molecular flexibility index (Phi) is 22.8. The summed E-state index contributed by atoms with van der Waals surface area (Å²) in [7, 11) is 3.91. The number of aromatic nitrogens is 2. The molecule has 1 heterocycles. The Hall–Kier alpha value is -4.16. The molecule has 1 N–H and O–H groups in total. The Morgan fingerprint density at radius 2 is 1.78 bits per heavy atom. The number of rotatable bonds is 20. The highest BCUT2D eigenvalue weighted by Crippen LogP contribution is 2.19. The van der Waals surface area contributed by atoms with Gasteiger partial charge in [0.25, 0.3) is 0 Å². The molecule has 0 aromatic carbocycles. The van der Waals surface area contributed by atoms with E-state index in [-0.39, 0.29) is 18.3 Å². The summed E-state index contributed by atoms with van der Waals surface area (Å²) in [6.07, 6.45) is 27.8. The summed E-state index contributed by atoms with van der Waals surface area (Å²) in [5.41, 5.74) is 4.13. The first-order valence-corrected chi connectivity index (χ1v) is 16.0. The molecule has 46 heavy (non-hydrogen) atoms. The molecule has 0 aliphatic carbocycles. The maximum atomic E-state index is 14.8. The second kappa shape index (κ2) is 25.1. The average molecular weight is 636 g/mol. The largest absolute Gasteiger partial charge is 0.378 e. The van der Waals surface area contributed by atoms with Crippen molar-refractivity contribution in [2.75, 3.05) is 53.4 Å². The zero-order valence-electron chi connectivity index (χ0n) is 29.6. The molecule has 0 unspecified atom stereocenters. The third-order valence-corrected chi connectivity index (χ3v) is 7.45. The monoisotopic (exact) mass is 635 g/mol. The number of carbonyl (C=O) groups excluding carboxylic acids is 1. The molecule has 0 aliphatic rings. The molecule has 0 radical (unpaired) electrons. The number of nitrogens with zero attached hydrogens (tertiary/aromatic N) is 6. The summed E-state index contributed by atoms with van der Waals surface area (Å²) in [5.74, 6) is -0.208. The van der Waals surface area contributed by atoms with Gasteiger partial charge in [-0.2, -0.15) is 0 Å². The van der Waals surface area contributed by atoms with E-state index in [9.17, 15) is 9.18 Å². The van der Waals surface area contributed by atoms with Crippen LogP contribution < -0.4 is 10.8 Å². The summed E-state index contributed by atoms with van der Waals surface area (Å²) >= 11 is 0. The number of nitrogens with one attached hydrogen (secondary N) is 1. The Morgan fingerprint density at radius 3 is 2.41 bits per heavy atom. The first-order chi connectivity index (χ1) is 22.1. The molecule has 0 atom stereocenters. The van der Waals surface area contributed by atoms with Gasteiger partial charge in [-0.3, -0.25) is 20.1 Å². The molecule has 9 heteroatoms. The molecule has 0 aliphatic heterocycles. The number of unbranched alkanes of at least 4 members (excludes halogenated alkanes) is 1. The Bertz CT molecular complexity index is 1300. The lowest BCUT2D eigenvalue weighted by molar-refractivity contribution is -0.129. The molecule has 0 saturated heterocycles. The van der Waals surface area contributed by atoms with Crippen LogP contribution in [0.5, 0.6) is 0 Å². The molecule has 1 rings (SSSR count). The van der Waals surface area contributed by atoms with Crippen molar-refractivity contribution in [2.24, 2.45) is 4.99 Å². The van der Waals surface area contributed by atoms with E-state index in [4.69, 9.17) is 4.99 Å². The topological polar surface area (TPSA) is 69.0 Å². The highest BCUT2D eigenvalue weighted by Gasteiger charge is 2.13. The van der Waals surface area contributed by atoms with Crippen LogP contribution in [0.3, 0.4) is 0 Å². The van der Waals surface area contributed by atoms with E-state index < -0.39 is 0 Å². The van der Waals surface area contributed by atoms with E-state index in [1.165, 1.54) is 18.5 Å². The zero-order valence-corrected chi connectivity index (χ0v) is 29.6. The number of carbonyl (C=O) groups is 1. The SMILES string of the molecule is C#C.C=C/C(=C\C=C(/C)N(C)CCCC)CN=c1cnccn1CNCC(=O)N(C)CCCN(CC)/C(C)=C(F)/C(C)=C\C=C/C. The number of hydrogen-bond acceptors (Lipinski definition) is 6. The fourth-order valence-corrected chi connectivity index (χ4v) is 4.27. The van der Waals surface area contributed by atoms with Gasteiger partial charge < -0.3 is 19.3 Å². The van der Waals surface area contributed by atoms with E-state index in [1.54, 1.807) is 37.3 Å². The van der Waals surface area contributed by atoms with Crippen LogP contribution in [0.15, 0.2) is 95.0 Å². The van der Waals surface area contributed by atoms with Crippen LogP contribution in [0.4, 0.5) is 4.39 Å². The van der Waals surface area contributed by atoms with Gasteiger partial charge >= 0.3 is 0 Å². The van der Waals surface area contributed by atoms with Gasteiger partial charge in [0.15, 0.2) is 0 Å². The van der Waals surface area contributed by atoms with Crippen LogP contribution in [0, 0.1) is 12.8 Å². The first-order valence-electron chi connectivity index (χ1n) is 16.0. The maximum absolute atomic E-state index is 14.8. The number of amides is 1. The lowest BCUT2D eigenvalue weighted by Crippen LogP contribution is -2.39.